The Kier molecular flexibility index (Phi) is 6.43. The zero-order valence-corrected chi connectivity index (χ0v) is 11.6. The van der Waals surface area contributed by atoms with E-state index in [1.54, 1.807) is 0 Å². The van der Waals surface area contributed by atoms with E-state index in [2.05, 4.69) is 28.6 Å². The number of nitrogens with zero attached hydrogens (tertiary/aromatic N) is 1. The molecule has 0 aliphatic carbocycles. The second kappa shape index (κ2) is 8.13. The highest BCUT2D eigenvalue weighted by molar-refractivity contribution is 5.93. The van der Waals surface area contributed by atoms with Crippen molar-refractivity contribution in [2.24, 2.45) is 10.7 Å². The lowest BCUT2D eigenvalue weighted by molar-refractivity contribution is -0.119. The molecule has 5 heteroatoms. The fourth-order valence-corrected chi connectivity index (χ4v) is 1.53. The SMILES string of the molecule is CCCNC(=O)CN=C(N)Nc1cccc(CC)c1. The molecule has 0 saturated carbocycles. The average Bonchev–Trinajstić information content (AvgIpc) is 2.43. The molecular weight excluding hydrogens is 240 g/mol. The molecule has 19 heavy (non-hydrogen) atoms. The van der Waals surface area contributed by atoms with Crippen molar-refractivity contribution in [3.63, 3.8) is 0 Å². The molecule has 0 bridgehead atoms. The Morgan fingerprint density at radius 3 is 2.84 bits per heavy atom. The van der Waals surface area contributed by atoms with Crippen molar-refractivity contribution in [1.82, 2.24) is 5.32 Å². The van der Waals surface area contributed by atoms with Gasteiger partial charge in [-0.05, 0) is 30.5 Å². The highest BCUT2D eigenvalue weighted by Gasteiger charge is 2.00. The van der Waals surface area contributed by atoms with Crippen LogP contribution in [-0.2, 0) is 11.2 Å². The van der Waals surface area contributed by atoms with Gasteiger partial charge >= 0.3 is 0 Å². The maximum atomic E-state index is 11.4. The van der Waals surface area contributed by atoms with Crippen LogP contribution in [0.1, 0.15) is 25.8 Å². The molecule has 0 spiro atoms. The van der Waals surface area contributed by atoms with E-state index in [0.29, 0.717) is 6.54 Å². The van der Waals surface area contributed by atoms with Gasteiger partial charge in [-0.2, -0.15) is 0 Å². The minimum atomic E-state index is -0.117. The lowest BCUT2D eigenvalue weighted by atomic mass is 10.1. The van der Waals surface area contributed by atoms with Crippen LogP contribution in [0.2, 0.25) is 0 Å². The normalized spacial score (nSPS) is 11.2. The fraction of sp³-hybridized carbons (Fsp3) is 0.429. The van der Waals surface area contributed by atoms with Crippen LogP contribution in [0.5, 0.6) is 0 Å². The third kappa shape index (κ3) is 5.90. The number of carbonyl (C=O) groups is 1. The minimum Gasteiger partial charge on any atom is -0.370 e. The summed E-state index contributed by atoms with van der Waals surface area (Å²) in [5, 5.41) is 5.72. The lowest BCUT2D eigenvalue weighted by Gasteiger charge is -2.07. The molecule has 5 nitrogen and oxygen atoms in total. The first kappa shape index (κ1) is 15.0. The molecule has 0 unspecified atom stereocenters. The Balaban J connectivity index is 2.48. The fourth-order valence-electron chi connectivity index (χ4n) is 1.53. The van der Waals surface area contributed by atoms with Gasteiger partial charge in [0.2, 0.25) is 5.91 Å². The predicted octanol–water partition coefficient (Wildman–Crippen LogP) is 1.50. The highest BCUT2D eigenvalue weighted by atomic mass is 16.1. The van der Waals surface area contributed by atoms with Gasteiger partial charge in [-0.25, -0.2) is 4.99 Å². The Morgan fingerprint density at radius 2 is 2.16 bits per heavy atom. The minimum absolute atomic E-state index is 0.0479. The van der Waals surface area contributed by atoms with Crippen LogP contribution in [0.15, 0.2) is 29.3 Å². The summed E-state index contributed by atoms with van der Waals surface area (Å²) in [5.41, 5.74) is 7.84. The van der Waals surface area contributed by atoms with Crippen molar-refractivity contribution in [2.45, 2.75) is 26.7 Å². The molecular formula is C14H22N4O. The molecule has 1 aromatic rings. The Labute approximate surface area is 114 Å². The Bertz CT molecular complexity index is 443. The molecule has 1 rings (SSSR count). The van der Waals surface area contributed by atoms with Gasteiger partial charge in [0.05, 0.1) is 0 Å². The molecule has 0 fully saturated rings. The van der Waals surface area contributed by atoms with Crippen LogP contribution < -0.4 is 16.4 Å². The van der Waals surface area contributed by atoms with Crippen LogP contribution in [0.3, 0.4) is 0 Å². The molecule has 4 N–H and O–H groups in total. The van der Waals surface area contributed by atoms with E-state index in [-0.39, 0.29) is 18.4 Å². The van der Waals surface area contributed by atoms with Crippen LogP contribution in [0.4, 0.5) is 5.69 Å². The number of carbonyl (C=O) groups excluding carboxylic acids is 1. The van der Waals surface area contributed by atoms with Gasteiger partial charge in [-0.1, -0.05) is 26.0 Å². The van der Waals surface area contributed by atoms with E-state index in [1.165, 1.54) is 5.56 Å². The van der Waals surface area contributed by atoms with Crippen molar-refractivity contribution in [1.29, 1.82) is 0 Å². The van der Waals surface area contributed by atoms with Gasteiger partial charge in [0.25, 0.3) is 0 Å². The summed E-state index contributed by atoms with van der Waals surface area (Å²) in [6.45, 7) is 4.81. The summed E-state index contributed by atoms with van der Waals surface area (Å²) >= 11 is 0. The number of amides is 1. The molecule has 0 aliphatic heterocycles. The number of rotatable bonds is 6. The molecule has 0 aliphatic rings. The van der Waals surface area contributed by atoms with Gasteiger partial charge in [-0.15, -0.1) is 0 Å². The summed E-state index contributed by atoms with van der Waals surface area (Å²) in [7, 11) is 0. The van der Waals surface area contributed by atoms with Crippen LogP contribution in [-0.4, -0.2) is 25.0 Å². The van der Waals surface area contributed by atoms with Gasteiger partial charge in [-0.3, -0.25) is 4.79 Å². The largest absolute Gasteiger partial charge is 0.370 e. The monoisotopic (exact) mass is 262 g/mol. The first-order valence-electron chi connectivity index (χ1n) is 6.58. The third-order valence-electron chi connectivity index (χ3n) is 2.57. The second-order valence-corrected chi connectivity index (χ2v) is 4.23. The number of nitrogens with one attached hydrogen (secondary N) is 2. The highest BCUT2D eigenvalue weighted by Crippen LogP contribution is 2.10. The van der Waals surface area contributed by atoms with Crippen molar-refractivity contribution in [3.05, 3.63) is 29.8 Å². The zero-order valence-electron chi connectivity index (χ0n) is 11.6. The quantitative estimate of drug-likeness (QED) is 0.537. The first-order chi connectivity index (χ1) is 9.15. The van der Waals surface area contributed by atoms with Crippen molar-refractivity contribution in [3.8, 4) is 0 Å². The topological polar surface area (TPSA) is 79.5 Å². The van der Waals surface area contributed by atoms with Crippen molar-refractivity contribution < 1.29 is 4.79 Å². The summed E-state index contributed by atoms with van der Waals surface area (Å²) in [6.07, 6.45) is 1.87. The molecule has 1 aromatic carbocycles. The van der Waals surface area contributed by atoms with E-state index in [0.717, 1.165) is 18.5 Å². The Morgan fingerprint density at radius 1 is 1.37 bits per heavy atom. The number of benzene rings is 1. The van der Waals surface area contributed by atoms with E-state index in [1.807, 2.05) is 25.1 Å². The molecule has 1 amide bonds. The molecule has 0 heterocycles. The van der Waals surface area contributed by atoms with Crippen LogP contribution in [0.25, 0.3) is 0 Å². The molecule has 0 aromatic heterocycles. The average molecular weight is 262 g/mol. The maximum Gasteiger partial charge on any atom is 0.241 e. The predicted molar refractivity (Wildman–Crippen MR) is 79.2 cm³/mol. The maximum absolute atomic E-state index is 11.4. The summed E-state index contributed by atoms with van der Waals surface area (Å²) in [5.74, 6) is 0.133. The Hall–Kier alpha value is -2.04. The van der Waals surface area contributed by atoms with Gasteiger partial charge in [0.15, 0.2) is 5.96 Å². The van der Waals surface area contributed by atoms with Crippen molar-refractivity contribution >= 4 is 17.6 Å². The van der Waals surface area contributed by atoms with Crippen molar-refractivity contribution in [2.75, 3.05) is 18.4 Å². The summed E-state index contributed by atoms with van der Waals surface area (Å²) < 4.78 is 0. The number of hydrogen-bond donors (Lipinski definition) is 3. The number of anilines is 1. The lowest BCUT2D eigenvalue weighted by Crippen LogP contribution is -2.29. The first-order valence-corrected chi connectivity index (χ1v) is 6.58. The summed E-state index contributed by atoms with van der Waals surface area (Å²) in [4.78, 5) is 15.4. The second-order valence-electron chi connectivity index (χ2n) is 4.23. The van der Waals surface area contributed by atoms with E-state index >= 15 is 0 Å². The number of nitrogens with two attached hydrogens (primary N) is 1. The van der Waals surface area contributed by atoms with E-state index < -0.39 is 0 Å². The number of aryl methyl sites for hydroxylation is 1. The number of guanidine groups is 1. The molecule has 0 atom stereocenters. The van der Waals surface area contributed by atoms with Crippen LogP contribution >= 0.6 is 0 Å². The van der Waals surface area contributed by atoms with Gasteiger partial charge < -0.3 is 16.4 Å². The summed E-state index contributed by atoms with van der Waals surface area (Å²) in [6, 6.07) is 7.94. The number of aliphatic imine (C=N–C) groups is 1. The zero-order chi connectivity index (χ0) is 14.1. The molecule has 0 radical (unpaired) electrons. The number of hydrogen-bond acceptors (Lipinski definition) is 2. The molecule has 0 saturated heterocycles. The van der Waals surface area contributed by atoms with Gasteiger partial charge in [0.1, 0.15) is 6.54 Å². The van der Waals surface area contributed by atoms with Crippen LogP contribution in [0, 0.1) is 0 Å². The van der Waals surface area contributed by atoms with E-state index in [4.69, 9.17) is 5.73 Å². The smallest absolute Gasteiger partial charge is 0.241 e. The van der Waals surface area contributed by atoms with Gasteiger partial charge in [0, 0.05) is 12.2 Å². The standard InChI is InChI=1S/C14H22N4O/c1-3-8-16-13(19)10-17-14(15)18-12-7-5-6-11(4-2)9-12/h5-7,9H,3-4,8,10H2,1-2H3,(H,16,19)(H3,15,17,18). The van der Waals surface area contributed by atoms with E-state index in [9.17, 15) is 4.79 Å². The third-order valence-corrected chi connectivity index (χ3v) is 2.57. The molecule has 104 valence electrons.